The fourth-order valence-corrected chi connectivity index (χ4v) is 2.15. The van der Waals surface area contributed by atoms with Gasteiger partial charge in [0.2, 0.25) is 5.91 Å². The number of rotatable bonds is 4. The largest absolute Gasteiger partial charge is 0.480 e. The highest BCUT2D eigenvalue weighted by Crippen LogP contribution is 2.15. The maximum absolute atomic E-state index is 11.9. The molecule has 0 saturated carbocycles. The minimum atomic E-state index is -1.06. The van der Waals surface area contributed by atoms with Crippen molar-refractivity contribution in [2.45, 2.75) is 25.9 Å². The summed E-state index contributed by atoms with van der Waals surface area (Å²) in [4.78, 5) is 34.7. The Morgan fingerprint density at radius 3 is 2.62 bits per heavy atom. The van der Waals surface area contributed by atoms with Crippen LogP contribution in [0.1, 0.15) is 13.8 Å². The molecule has 0 aromatic rings. The van der Waals surface area contributed by atoms with Crippen LogP contribution in [-0.2, 0) is 9.59 Å². The van der Waals surface area contributed by atoms with Crippen LogP contribution in [-0.4, -0.2) is 51.5 Å². The number of carbonyl (C=O) groups is 3. The average Bonchev–Trinajstić information content (AvgIpc) is 2.59. The number of amides is 2. The second-order valence-corrected chi connectivity index (χ2v) is 4.74. The Kier molecular flexibility index (Phi) is 4.17. The zero-order valence-corrected chi connectivity index (χ0v) is 9.91. The number of nitrogens with one attached hydrogen (secondary N) is 1. The molecule has 0 aromatic carbocycles. The lowest BCUT2D eigenvalue weighted by Gasteiger charge is -2.27. The van der Waals surface area contributed by atoms with Gasteiger partial charge in [-0.05, 0) is 13.8 Å². The van der Waals surface area contributed by atoms with E-state index in [1.807, 2.05) is 0 Å². The molecule has 2 amide bonds. The van der Waals surface area contributed by atoms with Gasteiger partial charge < -0.3 is 15.3 Å². The van der Waals surface area contributed by atoms with Gasteiger partial charge in [-0.2, -0.15) is 0 Å². The standard InChI is InChI=1S/C9H14N2O4S/c1-5(2)11(3-7(12)13)8(14)6-4-16-9(15)10-6/h5-6H,3-4H2,1-2H3,(H,10,15)(H,12,13)/t6-/m0/s1. The molecule has 90 valence electrons. The van der Waals surface area contributed by atoms with Crippen LogP contribution in [0.4, 0.5) is 4.79 Å². The van der Waals surface area contributed by atoms with Crippen molar-refractivity contribution in [1.82, 2.24) is 10.2 Å². The van der Waals surface area contributed by atoms with Crippen molar-refractivity contribution in [1.29, 1.82) is 0 Å². The SMILES string of the molecule is CC(C)N(CC(=O)O)C(=O)[C@@H]1CSC(=O)N1. The predicted octanol–water partition coefficient (Wildman–Crippen LogP) is 0.133. The van der Waals surface area contributed by atoms with Gasteiger partial charge in [-0.25, -0.2) is 0 Å². The first-order valence-corrected chi connectivity index (χ1v) is 5.86. The number of hydrogen-bond donors (Lipinski definition) is 2. The summed E-state index contributed by atoms with van der Waals surface area (Å²) >= 11 is 1.04. The summed E-state index contributed by atoms with van der Waals surface area (Å²) in [6.07, 6.45) is 0. The highest BCUT2D eigenvalue weighted by atomic mass is 32.2. The molecule has 1 rings (SSSR count). The number of aliphatic carboxylic acids is 1. The van der Waals surface area contributed by atoms with Crippen LogP contribution < -0.4 is 5.32 Å². The fraction of sp³-hybridized carbons (Fsp3) is 0.667. The summed E-state index contributed by atoms with van der Waals surface area (Å²) in [5.74, 6) is -1.03. The molecule has 6 nitrogen and oxygen atoms in total. The molecule has 2 N–H and O–H groups in total. The Morgan fingerprint density at radius 1 is 1.62 bits per heavy atom. The number of hydrogen-bond acceptors (Lipinski definition) is 4. The lowest BCUT2D eigenvalue weighted by molar-refractivity contribution is -0.146. The minimum absolute atomic E-state index is 0.203. The molecule has 7 heteroatoms. The van der Waals surface area contributed by atoms with Gasteiger partial charge in [-0.1, -0.05) is 11.8 Å². The number of nitrogens with zero attached hydrogens (tertiary/aromatic N) is 1. The van der Waals surface area contributed by atoms with Crippen molar-refractivity contribution in [3.63, 3.8) is 0 Å². The molecule has 0 unspecified atom stereocenters. The molecule has 0 radical (unpaired) electrons. The van der Waals surface area contributed by atoms with E-state index in [0.29, 0.717) is 5.75 Å². The van der Waals surface area contributed by atoms with E-state index < -0.39 is 12.0 Å². The lowest BCUT2D eigenvalue weighted by atomic mass is 10.2. The summed E-state index contributed by atoms with van der Waals surface area (Å²) in [7, 11) is 0. The van der Waals surface area contributed by atoms with Gasteiger partial charge >= 0.3 is 5.97 Å². The summed E-state index contributed by atoms with van der Waals surface area (Å²) in [6.45, 7) is 3.14. The van der Waals surface area contributed by atoms with E-state index in [1.165, 1.54) is 4.90 Å². The molecule has 1 heterocycles. The summed E-state index contributed by atoms with van der Waals surface area (Å²) in [5.41, 5.74) is 0. The fourth-order valence-electron chi connectivity index (χ4n) is 1.38. The third-order valence-electron chi connectivity index (χ3n) is 2.18. The molecule has 0 spiro atoms. The van der Waals surface area contributed by atoms with Crippen LogP contribution in [0.2, 0.25) is 0 Å². The quantitative estimate of drug-likeness (QED) is 0.736. The molecule has 0 bridgehead atoms. The Labute approximate surface area is 97.4 Å². The van der Waals surface area contributed by atoms with Crippen molar-refractivity contribution >= 4 is 28.9 Å². The molecule has 0 aromatic heterocycles. The topological polar surface area (TPSA) is 86.7 Å². The third kappa shape index (κ3) is 3.13. The highest BCUT2D eigenvalue weighted by molar-refractivity contribution is 8.14. The monoisotopic (exact) mass is 246 g/mol. The molecular formula is C9H14N2O4S. The molecule has 0 aliphatic carbocycles. The van der Waals surface area contributed by atoms with Gasteiger partial charge in [-0.3, -0.25) is 14.4 Å². The van der Waals surface area contributed by atoms with Crippen molar-refractivity contribution < 1.29 is 19.5 Å². The zero-order chi connectivity index (χ0) is 12.3. The molecule has 1 fully saturated rings. The second kappa shape index (κ2) is 5.20. The molecule has 1 aliphatic rings. The number of carboxylic acid groups (broad SMARTS) is 1. The average molecular weight is 246 g/mol. The Balaban J connectivity index is 2.67. The van der Waals surface area contributed by atoms with Crippen molar-refractivity contribution in [2.75, 3.05) is 12.3 Å². The Hall–Kier alpha value is -1.24. The Bertz CT molecular complexity index is 319. The van der Waals surface area contributed by atoms with Gasteiger partial charge in [-0.15, -0.1) is 0 Å². The predicted molar refractivity (Wildman–Crippen MR) is 59.3 cm³/mol. The van der Waals surface area contributed by atoms with E-state index in [2.05, 4.69) is 5.32 Å². The molecule has 1 atom stereocenters. The summed E-state index contributed by atoms with van der Waals surface area (Å²) < 4.78 is 0. The van der Waals surface area contributed by atoms with E-state index in [0.717, 1.165) is 11.8 Å². The van der Waals surface area contributed by atoms with Crippen molar-refractivity contribution in [3.05, 3.63) is 0 Å². The van der Waals surface area contributed by atoms with Gasteiger partial charge in [0, 0.05) is 11.8 Å². The van der Waals surface area contributed by atoms with Crippen LogP contribution in [0.5, 0.6) is 0 Å². The molecule has 1 aliphatic heterocycles. The number of carboxylic acids is 1. The van der Waals surface area contributed by atoms with Crippen LogP contribution in [0.3, 0.4) is 0 Å². The third-order valence-corrected chi connectivity index (χ3v) is 3.06. The lowest BCUT2D eigenvalue weighted by Crippen LogP contribution is -2.50. The van der Waals surface area contributed by atoms with Crippen LogP contribution in [0.15, 0.2) is 0 Å². The highest BCUT2D eigenvalue weighted by Gasteiger charge is 2.33. The van der Waals surface area contributed by atoms with Crippen molar-refractivity contribution in [2.24, 2.45) is 0 Å². The van der Waals surface area contributed by atoms with Crippen LogP contribution >= 0.6 is 11.8 Å². The van der Waals surface area contributed by atoms with E-state index in [9.17, 15) is 14.4 Å². The van der Waals surface area contributed by atoms with Crippen molar-refractivity contribution in [3.8, 4) is 0 Å². The molecular weight excluding hydrogens is 232 g/mol. The van der Waals surface area contributed by atoms with Gasteiger partial charge in [0.25, 0.3) is 5.24 Å². The second-order valence-electron chi connectivity index (χ2n) is 3.75. The first-order chi connectivity index (χ1) is 7.41. The first kappa shape index (κ1) is 12.8. The number of carbonyl (C=O) groups excluding carboxylic acids is 2. The van der Waals surface area contributed by atoms with Gasteiger partial charge in [0.15, 0.2) is 0 Å². The maximum Gasteiger partial charge on any atom is 0.323 e. The van der Waals surface area contributed by atoms with Gasteiger partial charge in [0.05, 0.1) is 0 Å². The summed E-state index contributed by atoms with van der Waals surface area (Å²) in [5, 5.41) is 11.0. The van der Waals surface area contributed by atoms with E-state index in [4.69, 9.17) is 5.11 Å². The maximum atomic E-state index is 11.9. The summed E-state index contributed by atoms with van der Waals surface area (Å²) in [6, 6.07) is -0.801. The first-order valence-electron chi connectivity index (χ1n) is 4.87. The van der Waals surface area contributed by atoms with Crippen LogP contribution in [0, 0.1) is 0 Å². The Morgan fingerprint density at radius 2 is 2.25 bits per heavy atom. The van der Waals surface area contributed by atoms with Crippen LogP contribution in [0.25, 0.3) is 0 Å². The van der Waals surface area contributed by atoms with E-state index in [-0.39, 0.29) is 23.7 Å². The zero-order valence-electron chi connectivity index (χ0n) is 9.10. The molecule has 1 saturated heterocycles. The van der Waals surface area contributed by atoms with Gasteiger partial charge in [0.1, 0.15) is 12.6 Å². The number of thioether (sulfide) groups is 1. The minimum Gasteiger partial charge on any atom is -0.480 e. The van der Waals surface area contributed by atoms with E-state index >= 15 is 0 Å². The molecule has 16 heavy (non-hydrogen) atoms. The smallest absolute Gasteiger partial charge is 0.323 e. The van der Waals surface area contributed by atoms with E-state index in [1.54, 1.807) is 13.8 Å². The normalized spacial score (nSPS) is 19.7.